The number of carbonyl (C=O) groups excluding carboxylic acids is 1. The molecule has 0 unspecified atom stereocenters. The summed E-state index contributed by atoms with van der Waals surface area (Å²) in [5.74, 6) is -0.369. The maximum Gasteiger partial charge on any atom is 0.340 e. The van der Waals surface area contributed by atoms with Crippen LogP contribution in [0.2, 0.25) is 0 Å². The lowest BCUT2D eigenvalue weighted by Gasteiger charge is -2.41. The predicted molar refractivity (Wildman–Crippen MR) is 188 cm³/mol. The van der Waals surface area contributed by atoms with Crippen LogP contribution < -0.4 is 15.2 Å². The summed E-state index contributed by atoms with van der Waals surface area (Å²) in [7, 11) is 0. The van der Waals surface area contributed by atoms with E-state index in [1.165, 1.54) is 18.2 Å². The molecular weight excluding hydrogens is 609 g/mol. The number of esters is 1. The zero-order valence-corrected chi connectivity index (χ0v) is 29.6. The first-order valence-electron chi connectivity index (χ1n) is 16.7. The third kappa shape index (κ3) is 8.06. The van der Waals surface area contributed by atoms with Gasteiger partial charge >= 0.3 is 5.97 Å². The minimum atomic E-state index is -1.00. The largest absolute Gasteiger partial charge is 0.488 e. The minimum absolute atomic E-state index is 0.164. The average molecular weight is 658 g/mol. The van der Waals surface area contributed by atoms with Gasteiger partial charge in [0.25, 0.3) is 5.56 Å². The summed E-state index contributed by atoms with van der Waals surface area (Å²) in [5.41, 5.74) is 5.51. The van der Waals surface area contributed by atoms with Gasteiger partial charge in [0, 0.05) is 47.1 Å². The lowest BCUT2D eigenvalue weighted by molar-refractivity contribution is -0.171. The van der Waals surface area contributed by atoms with Crippen molar-refractivity contribution in [3.63, 3.8) is 0 Å². The van der Waals surface area contributed by atoms with E-state index < -0.39 is 17.7 Å². The molecule has 0 aliphatic carbocycles. The number of H-pyrrole nitrogens is 1. The first-order chi connectivity index (χ1) is 22.5. The molecule has 5 rings (SSSR count). The quantitative estimate of drug-likeness (QED) is 0.181. The lowest BCUT2D eigenvalue weighted by Crippen LogP contribution is -2.39. The highest BCUT2D eigenvalue weighted by Crippen LogP contribution is 2.46. The molecule has 1 N–H and O–H groups in total. The molecule has 1 atom stereocenters. The van der Waals surface area contributed by atoms with Gasteiger partial charge in [0.2, 0.25) is 0 Å². The van der Waals surface area contributed by atoms with Gasteiger partial charge in [-0.15, -0.1) is 0 Å². The monoisotopic (exact) mass is 657 g/mol. The number of aromatic amines is 1. The van der Waals surface area contributed by atoms with Gasteiger partial charge in [0.05, 0.1) is 22.9 Å². The van der Waals surface area contributed by atoms with Crippen LogP contribution >= 0.6 is 0 Å². The first kappa shape index (κ1) is 35.1. The van der Waals surface area contributed by atoms with Gasteiger partial charge in [0.1, 0.15) is 18.2 Å². The fraction of sp³-hybridized carbons (Fsp3) is 0.462. The molecule has 2 aromatic heterocycles. The number of nitrogens with one attached hydrogen (secondary N) is 1. The summed E-state index contributed by atoms with van der Waals surface area (Å²) in [6.45, 7) is 19.7. The number of anilines is 1. The van der Waals surface area contributed by atoms with Gasteiger partial charge in [-0.1, -0.05) is 32.0 Å². The summed E-state index contributed by atoms with van der Waals surface area (Å²) < 4.78 is 32.0. The van der Waals surface area contributed by atoms with Crippen molar-refractivity contribution in [3.8, 4) is 16.9 Å². The number of hydrogen-bond acceptors (Lipinski definition) is 7. The van der Waals surface area contributed by atoms with Crippen LogP contribution in [0.3, 0.4) is 0 Å². The molecule has 0 bridgehead atoms. The van der Waals surface area contributed by atoms with Crippen LogP contribution in [0, 0.1) is 25.1 Å². The van der Waals surface area contributed by atoms with Crippen molar-refractivity contribution in [1.29, 1.82) is 0 Å². The Labute approximate surface area is 282 Å². The second kappa shape index (κ2) is 13.7. The Hall–Kier alpha value is -4.24. The number of rotatable bonds is 9. The van der Waals surface area contributed by atoms with Crippen LogP contribution in [0.4, 0.5) is 10.1 Å². The summed E-state index contributed by atoms with van der Waals surface area (Å²) in [6.07, 6.45) is 0.634. The maximum absolute atomic E-state index is 13.8. The van der Waals surface area contributed by atoms with E-state index in [-0.39, 0.29) is 29.5 Å². The molecule has 48 heavy (non-hydrogen) atoms. The number of fused-ring (bicyclic) bond motifs is 1. The zero-order chi connectivity index (χ0) is 35.0. The van der Waals surface area contributed by atoms with Crippen molar-refractivity contribution in [2.45, 2.75) is 99.6 Å². The molecule has 0 radical (unpaired) electrons. The van der Waals surface area contributed by atoms with E-state index in [1.807, 2.05) is 66.7 Å². The molecule has 256 valence electrons. The Morgan fingerprint density at radius 2 is 1.69 bits per heavy atom. The van der Waals surface area contributed by atoms with E-state index in [4.69, 9.17) is 19.2 Å². The first-order valence-corrected chi connectivity index (χ1v) is 16.7. The molecule has 9 heteroatoms. The fourth-order valence-corrected chi connectivity index (χ4v) is 6.28. The zero-order valence-electron chi connectivity index (χ0n) is 29.6. The summed E-state index contributed by atoms with van der Waals surface area (Å²) in [6, 6.07) is 13.4. The molecule has 1 aliphatic heterocycles. The summed E-state index contributed by atoms with van der Waals surface area (Å²) in [5, 5.41) is 0.711. The number of aromatic nitrogens is 2. The van der Waals surface area contributed by atoms with E-state index in [0.717, 1.165) is 54.0 Å². The second-order valence-corrected chi connectivity index (χ2v) is 14.8. The van der Waals surface area contributed by atoms with Gasteiger partial charge in [-0.3, -0.25) is 9.78 Å². The third-order valence-electron chi connectivity index (χ3n) is 8.71. The van der Waals surface area contributed by atoms with Gasteiger partial charge < -0.3 is 24.1 Å². The topological polar surface area (TPSA) is 93.8 Å². The number of ether oxygens (including phenoxy) is 3. The Balaban J connectivity index is 1.72. The minimum Gasteiger partial charge on any atom is -0.488 e. The highest BCUT2D eigenvalue weighted by Gasteiger charge is 2.37. The maximum atomic E-state index is 13.8. The van der Waals surface area contributed by atoms with Gasteiger partial charge in [-0.05, 0) is 102 Å². The van der Waals surface area contributed by atoms with Crippen molar-refractivity contribution in [1.82, 2.24) is 9.97 Å². The van der Waals surface area contributed by atoms with Crippen molar-refractivity contribution >= 4 is 22.6 Å². The smallest absolute Gasteiger partial charge is 0.340 e. The highest BCUT2D eigenvalue weighted by atomic mass is 19.1. The van der Waals surface area contributed by atoms with E-state index in [9.17, 15) is 14.0 Å². The molecule has 2 aromatic carbocycles. The second-order valence-electron chi connectivity index (χ2n) is 14.8. The van der Waals surface area contributed by atoms with Crippen LogP contribution in [-0.2, 0) is 20.9 Å². The van der Waals surface area contributed by atoms with Crippen LogP contribution in [0.1, 0.15) is 89.9 Å². The Kier molecular flexibility index (Phi) is 10.0. The highest BCUT2D eigenvalue weighted by molar-refractivity contribution is 5.94. The van der Waals surface area contributed by atoms with Crippen LogP contribution in [-0.4, -0.2) is 40.7 Å². The van der Waals surface area contributed by atoms with Crippen molar-refractivity contribution < 1.29 is 23.4 Å². The number of halogens is 1. The molecule has 1 fully saturated rings. The SMILES string of the molecule is Cc1nc(C)c([C@H](OC(C)(C)C)C(=O)OC(C)C)c(N2CCC(C)(C)CC2)c1-c1ccc2[nH]c(=O)cc(OCc3ccc(F)cc3)c2c1. The van der Waals surface area contributed by atoms with Crippen LogP contribution in [0.25, 0.3) is 22.0 Å². The van der Waals surface area contributed by atoms with Crippen molar-refractivity contribution in [2.24, 2.45) is 5.41 Å². The number of pyridine rings is 2. The van der Waals surface area contributed by atoms with Crippen LogP contribution in [0.5, 0.6) is 5.75 Å². The van der Waals surface area contributed by atoms with E-state index in [2.05, 4.69) is 23.7 Å². The Morgan fingerprint density at radius 1 is 1.02 bits per heavy atom. The van der Waals surface area contributed by atoms with Gasteiger partial charge in [-0.25, -0.2) is 9.18 Å². The summed E-state index contributed by atoms with van der Waals surface area (Å²) in [4.78, 5) is 36.8. The number of nitrogens with zero attached hydrogens (tertiary/aromatic N) is 2. The van der Waals surface area contributed by atoms with E-state index in [1.54, 1.807) is 12.1 Å². The van der Waals surface area contributed by atoms with Gasteiger partial charge in [0.15, 0.2) is 6.10 Å². The molecule has 0 amide bonds. The Bertz CT molecular complexity index is 1850. The molecule has 4 aromatic rings. The molecular formula is C39H48FN3O5. The molecule has 0 saturated carbocycles. The average Bonchev–Trinajstić information content (AvgIpc) is 2.98. The molecule has 8 nitrogen and oxygen atoms in total. The molecule has 1 saturated heterocycles. The number of aryl methyl sites for hydroxylation is 2. The number of carbonyl (C=O) groups is 1. The van der Waals surface area contributed by atoms with Crippen molar-refractivity contribution in [2.75, 3.05) is 18.0 Å². The predicted octanol–water partition coefficient (Wildman–Crippen LogP) is 8.36. The number of hydrogen-bond donors (Lipinski definition) is 1. The fourth-order valence-electron chi connectivity index (χ4n) is 6.28. The van der Waals surface area contributed by atoms with Crippen molar-refractivity contribution in [3.05, 3.63) is 87.2 Å². The van der Waals surface area contributed by atoms with E-state index in [0.29, 0.717) is 27.9 Å². The number of piperidine rings is 1. The molecule has 1 aliphatic rings. The normalized spacial score (nSPS) is 15.5. The van der Waals surface area contributed by atoms with Gasteiger partial charge in [-0.2, -0.15) is 0 Å². The summed E-state index contributed by atoms with van der Waals surface area (Å²) >= 11 is 0. The number of benzene rings is 2. The standard InChI is InChI=1S/C39H48FN3O5/c1-23(2)47-37(45)36(48-38(5,6)7)34-25(4)41-24(3)33(35(34)43-18-16-39(8,9)17-19-43)27-12-15-30-29(20-27)31(21-32(44)42-30)46-22-26-10-13-28(40)14-11-26/h10-15,20-21,23,36H,16-19,22H2,1-9H3,(H,42,44)/t36-/m0/s1. The molecule has 3 heterocycles. The Morgan fingerprint density at radius 3 is 2.31 bits per heavy atom. The lowest BCUT2D eigenvalue weighted by atomic mass is 9.81. The third-order valence-corrected chi connectivity index (χ3v) is 8.71. The van der Waals surface area contributed by atoms with Crippen LogP contribution in [0.15, 0.2) is 53.3 Å². The molecule has 0 spiro atoms. The van der Waals surface area contributed by atoms with E-state index >= 15 is 0 Å².